The second-order valence-electron chi connectivity index (χ2n) is 8.60. The molecule has 1 N–H and O–H groups in total. The van der Waals surface area contributed by atoms with Gasteiger partial charge < -0.3 is 9.88 Å². The number of hydrogen-bond donors (Lipinski definition) is 1. The average Bonchev–Trinajstić information content (AvgIpc) is 3.35. The van der Waals surface area contributed by atoms with Crippen molar-refractivity contribution < 1.29 is 9.00 Å². The lowest BCUT2D eigenvalue weighted by Gasteiger charge is -2.19. The van der Waals surface area contributed by atoms with Crippen LogP contribution in [0.2, 0.25) is 0 Å². The number of nitrogens with zero attached hydrogens (tertiary/aromatic N) is 3. The van der Waals surface area contributed by atoms with Gasteiger partial charge >= 0.3 is 0 Å². The highest BCUT2D eigenvalue weighted by Gasteiger charge is 2.26. The third-order valence-electron chi connectivity index (χ3n) is 5.30. The fourth-order valence-electron chi connectivity index (χ4n) is 3.66. The number of carbonyl (C=O) groups excluding carboxylic acids is 1. The number of Topliss-reactive ketones (excluding diaryl/α,β-unsaturated/α-hetero) is 1. The minimum atomic E-state index is -1.10. The van der Waals surface area contributed by atoms with Crippen LogP contribution in [0, 0.1) is 5.41 Å². The topological polar surface area (TPSA) is 79.0 Å². The van der Waals surface area contributed by atoms with Crippen molar-refractivity contribution >= 4 is 33.4 Å². The van der Waals surface area contributed by atoms with Crippen LogP contribution in [-0.4, -0.2) is 44.3 Å². The summed E-state index contributed by atoms with van der Waals surface area (Å²) in [6.45, 7) is 7.70. The first-order valence-electron chi connectivity index (χ1n) is 9.87. The largest absolute Gasteiger partial charge is 0.371 e. The predicted molar refractivity (Wildman–Crippen MR) is 117 cm³/mol. The van der Waals surface area contributed by atoms with Crippen molar-refractivity contribution in [1.29, 1.82) is 0 Å². The van der Waals surface area contributed by atoms with Crippen LogP contribution in [-0.2, 0) is 10.8 Å². The normalized spacial score (nSPS) is 15.8. The smallest absolute Gasteiger partial charge is 0.171 e. The van der Waals surface area contributed by atoms with Gasteiger partial charge in [-0.2, -0.15) is 0 Å². The molecule has 1 saturated heterocycles. The maximum absolute atomic E-state index is 12.8. The Hall–Kier alpha value is -2.54. The van der Waals surface area contributed by atoms with Crippen LogP contribution in [0.25, 0.3) is 22.4 Å². The number of fused-ring (bicyclic) bond motifs is 1. The molecule has 1 aliphatic heterocycles. The SMILES string of the molecule is CS(=O)c1cc(-c2cnc3[nH]cc(C(=O)C(C)(C)C)c3n2)cc(N2CCCC2)c1. The molecule has 1 aliphatic rings. The van der Waals surface area contributed by atoms with Crippen molar-refractivity contribution in [2.75, 3.05) is 24.2 Å². The molecule has 1 unspecified atom stereocenters. The van der Waals surface area contributed by atoms with Crippen LogP contribution >= 0.6 is 0 Å². The number of carbonyl (C=O) groups is 1. The molecule has 0 radical (unpaired) electrons. The Morgan fingerprint density at radius 3 is 2.55 bits per heavy atom. The Balaban J connectivity index is 1.83. The molecule has 3 aromatic rings. The molecule has 0 bridgehead atoms. The molecule has 1 fully saturated rings. The zero-order valence-electron chi connectivity index (χ0n) is 17.3. The molecule has 152 valence electrons. The maximum atomic E-state index is 12.8. The number of ketones is 1. The number of aromatic nitrogens is 3. The van der Waals surface area contributed by atoms with Crippen molar-refractivity contribution in [3.63, 3.8) is 0 Å². The summed E-state index contributed by atoms with van der Waals surface area (Å²) in [5.41, 5.74) is 3.82. The number of nitrogens with one attached hydrogen (secondary N) is 1. The van der Waals surface area contributed by atoms with E-state index >= 15 is 0 Å². The predicted octanol–water partition coefficient (Wildman–Crippen LogP) is 4.19. The minimum Gasteiger partial charge on any atom is -0.371 e. The molecule has 1 atom stereocenters. The molecular weight excluding hydrogens is 384 g/mol. The van der Waals surface area contributed by atoms with E-state index in [1.807, 2.05) is 32.9 Å². The summed E-state index contributed by atoms with van der Waals surface area (Å²) in [5, 5.41) is 0. The molecular formula is C22H26N4O2S. The molecule has 1 aromatic carbocycles. The standard InChI is InChI=1S/C22H26N4O2S/c1-22(2,3)20(27)17-12-23-21-19(17)25-18(13-24-21)14-9-15(26-7-5-6-8-26)11-16(10-14)29(4)28/h9-13H,5-8H2,1-4H3,(H,23,24). The van der Waals surface area contributed by atoms with Gasteiger partial charge in [0, 0.05) is 57.9 Å². The molecule has 0 saturated carbocycles. The van der Waals surface area contributed by atoms with Crippen LogP contribution in [0.4, 0.5) is 5.69 Å². The first kappa shape index (κ1) is 19.8. The van der Waals surface area contributed by atoms with E-state index in [1.54, 1.807) is 18.6 Å². The highest BCUT2D eigenvalue weighted by Crippen LogP contribution is 2.31. The van der Waals surface area contributed by atoms with E-state index in [2.05, 4.69) is 20.9 Å². The van der Waals surface area contributed by atoms with E-state index in [1.165, 1.54) is 12.8 Å². The van der Waals surface area contributed by atoms with Gasteiger partial charge in [-0.15, -0.1) is 0 Å². The number of H-pyrrole nitrogens is 1. The summed E-state index contributed by atoms with van der Waals surface area (Å²) in [6.07, 6.45) is 7.42. The van der Waals surface area contributed by atoms with Gasteiger partial charge in [0.2, 0.25) is 0 Å². The Morgan fingerprint density at radius 2 is 1.90 bits per heavy atom. The van der Waals surface area contributed by atoms with Crippen molar-refractivity contribution in [3.8, 4) is 11.3 Å². The Morgan fingerprint density at radius 1 is 1.17 bits per heavy atom. The van der Waals surface area contributed by atoms with Crippen molar-refractivity contribution in [2.45, 2.75) is 38.5 Å². The lowest BCUT2D eigenvalue weighted by molar-refractivity contribution is 0.0860. The van der Waals surface area contributed by atoms with Gasteiger partial charge in [-0.3, -0.25) is 9.00 Å². The van der Waals surface area contributed by atoms with Gasteiger partial charge in [0.15, 0.2) is 11.4 Å². The van der Waals surface area contributed by atoms with E-state index < -0.39 is 16.2 Å². The first-order chi connectivity index (χ1) is 13.7. The van der Waals surface area contributed by atoms with E-state index in [0.29, 0.717) is 22.4 Å². The molecule has 3 heterocycles. The zero-order chi connectivity index (χ0) is 20.8. The number of hydrogen-bond acceptors (Lipinski definition) is 5. The maximum Gasteiger partial charge on any atom is 0.171 e. The third kappa shape index (κ3) is 3.83. The highest BCUT2D eigenvalue weighted by molar-refractivity contribution is 7.84. The molecule has 2 aromatic heterocycles. The molecule has 6 nitrogen and oxygen atoms in total. The van der Waals surface area contributed by atoms with Crippen molar-refractivity contribution in [1.82, 2.24) is 15.0 Å². The van der Waals surface area contributed by atoms with E-state index in [4.69, 9.17) is 4.98 Å². The number of rotatable bonds is 4. The second kappa shape index (κ2) is 7.37. The second-order valence-corrected chi connectivity index (χ2v) is 9.98. The van der Waals surface area contributed by atoms with Crippen molar-refractivity contribution in [2.24, 2.45) is 5.41 Å². The van der Waals surface area contributed by atoms with Crippen LogP contribution in [0.15, 0.2) is 35.5 Å². The van der Waals surface area contributed by atoms with Crippen LogP contribution in [0.1, 0.15) is 44.0 Å². The fourth-order valence-corrected chi connectivity index (χ4v) is 4.24. The first-order valence-corrected chi connectivity index (χ1v) is 11.4. The van der Waals surface area contributed by atoms with Crippen LogP contribution in [0.3, 0.4) is 0 Å². The number of benzene rings is 1. The monoisotopic (exact) mass is 410 g/mol. The summed E-state index contributed by atoms with van der Waals surface area (Å²) >= 11 is 0. The van der Waals surface area contributed by atoms with E-state index in [-0.39, 0.29) is 5.78 Å². The molecule has 0 aliphatic carbocycles. The summed E-state index contributed by atoms with van der Waals surface area (Å²) in [7, 11) is -1.10. The molecule has 7 heteroatoms. The van der Waals surface area contributed by atoms with Crippen LogP contribution < -0.4 is 4.90 Å². The summed E-state index contributed by atoms with van der Waals surface area (Å²) in [5.74, 6) is 0.0244. The number of anilines is 1. The lowest BCUT2D eigenvalue weighted by atomic mass is 9.87. The Kier molecular flexibility index (Phi) is 5.02. The van der Waals surface area contributed by atoms with Gasteiger partial charge in [-0.1, -0.05) is 20.8 Å². The van der Waals surface area contributed by atoms with E-state index in [9.17, 15) is 9.00 Å². The van der Waals surface area contributed by atoms with Gasteiger partial charge in [0.05, 0.1) is 17.5 Å². The fraction of sp³-hybridized carbons (Fsp3) is 0.409. The minimum absolute atomic E-state index is 0.0244. The summed E-state index contributed by atoms with van der Waals surface area (Å²) in [4.78, 5) is 28.2. The molecule has 4 rings (SSSR count). The average molecular weight is 411 g/mol. The van der Waals surface area contributed by atoms with Gasteiger partial charge in [0.1, 0.15) is 5.52 Å². The van der Waals surface area contributed by atoms with Gasteiger partial charge in [-0.05, 0) is 31.0 Å². The zero-order valence-corrected chi connectivity index (χ0v) is 18.1. The highest BCUT2D eigenvalue weighted by atomic mass is 32.2. The number of aromatic amines is 1. The lowest BCUT2D eigenvalue weighted by Crippen LogP contribution is -2.20. The molecule has 0 amide bonds. The summed E-state index contributed by atoms with van der Waals surface area (Å²) in [6, 6.07) is 5.99. The Labute approximate surface area is 173 Å². The van der Waals surface area contributed by atoms with Gasteiger partial charge in [-0.25, -0.2) is 9.97 Å². The Bertz CT molecular complexity index is 1110. The third-order valence-corrected chi connectivity index (χ3v) is 6.20. The van der Waals surface area contributed by atoms with Crippen molar-refractivity contribution in [3.05, 3.63) is 36.2 Å². The van der Waals surface area contributed by atoms with Crippen LogP contribution in [0.5, 0.6) is 0 Å². The molecule has 0 spiro atoms. The quantitative estimate of drug-likeness (QED) is 0.653. The summed E-state index contributed by atoms with van der Waals surface area (Å²) < 4.78 is 12.2. The molecule has 29 heavy (non-hydrogen) atoms. The van der Waals surface area contributed by atoms with E-state index in [0.717, 1.165) is 29.2 Å². The van der Waals surface area contributed by atoms with Gasteiger partial charge in [0.25, 0.3) is 0 Å².